The molecule has 0 radical (unpaired) electrons. The summed E-state index contributed by atoms with van der Waals surface area (Å²) in [5, 5.41) is 2.91. The summed E-state index contributed by atoms with van der Waals surface area (Å²) in [6.45, 7) is 3.11. The third kappa shape index (κ3) is 3.65. The Morgan fingerprint density at radius 1 is 1.16 bits per heavy atom. The molecule has 1 aliphatic carbocycles. The number of aromatic nitrogens is 1. The Hall–Kier alpha value is -2.90. The molecule has 2 saturated heterocycles. The summed E-state index contributed by atoms with van der Waals surface area (Å²) in [6, 6.07) is 7.27. The van der Waals surface area contributed by atoms with Crippen molar-refractivity contribution in [3.8, 4) is 0 Å². The number of hydrogen-bond donors (Lipinski definition) is 1. The molecule has 1 aromatic heterocycles. The number of benzene rings is 1. The van der Waals surface area contributed by atoms with E-state index < -0.39 is 11.6 Å². The maximum Gasteiger partial charge on any atom is 0.325 e. The maximum atomic E-state index is 13.1. The highest BCUT2D eigenvalue weighted by atomic mass is 16.3. The molecule has 8 nitrogen and oxygen atoms in total. The Morgan fingerprint density at radius 3 is 2.56 bits per heavy atom. The first-order chi connectivity index (χ1) is 15.5. The molecule has 8 heteroatoms. The molecule has 1 aromatic carbocycles. The smallest absolute Gasteiger partial charge is 0.325 e. The summed E-state index contributed by atoms with van der Waals surface area (Å²) >= 11 is 0. The Kier molecular flexibility index (Phi) is 5.39. The van der Waals surface area contributed by atoms with Crippen molar-refractivity contribution in [1.29, 1.82) is 0 Å². The topological polar surface area (TPSA) is 95.8 Å². The quantitative estimate of drug-likeness (QED) is 0.738. The molecule has 170 valence electrons. The van der Waals surface area contributed by atoms with Crippen molar-refractivity contribution in [2.45, 2.75) is 63.3 Å². The van der Waals surface area contributed by atoms with Gasteiger partial charge in [0.25, 0.3) is 5.91 Å². The maximum absolute atomic E-state index is 13.1. The van der Waals surface area contributed by atoms with Gasteiger partial charge < -0.3 is 14.6 Å². The predicted octanol–water partition coefficient (Wildman–Crippen LogP) is 3.42. The van der Waals surface area contributed by atoms with Gasteiger partial charge in [0.1, 0.15) is 17.6 Å². The number of nitrogens with one attached hydrogen (secondary N) is 1. The van der Waals surface area contributed by atoms with Crippen LogP contribution >= 0.6 is 0 Å². The van der Waals surface area contributed by atoms with Gasteiger partial charge in [-0.2, -0.15) is 0 Å². The van der Waals surface area contributed by atoms with Gasteiger partial charge in [-0.1, -0.05) is 25.5 Å². The summed E-state index contributed by atoms with van der Waals surface area (Å²) in [4.78, 5) is 46.0. The number of nitrogens with zero attached hydrogens (tertiary/aromatic N) is 3. The van der Waals surface area contributed by atoms with E-state index >= 15 is 0 Å². The molecule has 3 fully saturated rings. The molecule has 5 rings (SSSR count). The number of carbonyl (C=O) groups excluding carboxylic acids is 3. The molecule has 32 heavy (non-hydrogen) atoms. The minimum atomic E-state index is -0.803. The fraction of sp³-hybridized carbons (Fsp3) is 0.583. The van der Waals surface area contributed by atoms with Gasteiger partial charge >= 0.3 is 6.03 Å². The van der Waals surface area contributed by atoms with Gasteiger partial charge in [-0.25, -0.2) is 9.78 Å². The fourth-order valence-corrected chi connectivity index (χ4v) is 5.41. The van der Waals surface area contributed by atoms with Crippen molar-refractivity contribution in [2.75, 3.05) is 19.6 Å². The lowest BCUT2D eigenvalue weighted by molar-refractivity contribution is -0.140. The van der Waals surface area contributed by atoms with Crippen LogP contribution in [-0.4, -0.2) is 57.8 Å². The van der Waals surface area contributed by atoms with E-state index in [0.29, 0.717) is 31.8 Å². The van der Waals surface area contributed by atoms with E-state index in [1.54, 1.807) is 4.90 Å². The lowest BCUT2D eigenvalue weighted by atomic mass is 9.75. The molecular formula is C24H30N4O4. The first kappa shape index (κ1) is 21.0. The van der Waals surface area contributed by atoms with Gasteiger partial charge in [0.15, 0.2) is 11.5 Å². The SMILES string of the molecule is CCC1CCC2(CC1)NC(=O)N(CC(=O)N1CCC(c3nc4ccccc4o3)CC1)C2=O. The van der Waals surface area contributed by atoms with Crippen molar-refractivity contribution in [3.63, 3.8) is 0 Å². The van der Waals surface area contributed by atoms with Gasteiger partial charge in [-0.3, -0.25) is 14.5 Å². The first-order valence-electron chi connectivity index (χ1n) is 11.8. The van der Waals surface area contributed by atoms with Crippen molar-refractivity contribution in [2.24, 2.45) is 5.92 Å². The highest BCUT2D eigenvalue weighted by Gasteiger charge is 2.52. The van der Waals surface area contributed by atoms with Gasteiger partial charge in [0.05, 0.1) is 0 Å². The largest absolute Gasteiger partial charge is 0.440 e. The Morgan fingerprint density at radius 2 is 1.88 bits per heavy atom. The van der Waals surface area contributed by atoms with E-state index in [-0.39, 0.29) is 24.3 Å². The zero-order valence-corrected chi connectivity index (χ0v) is 18.5. The normalized spacial score (nSPS) is 26.8. The van der Waals surface area contributed by atoms with Gasteiger partial charge in [-0.15, -0.1) is 0 Å². The molecule has 0 unspecified atom stereocenters. The molecule has 3 heterocycles. The van der Waals surface area contributed by atoms with Crippen LogP contribution in [0.5, 0.6) is 0 Å². The van der Waals surface area contributed by atoms with E-state index in [9.17, 15) is 14.4 Å². The molecule has 1 saturated carbocycles. The lowest BCUT2D eigenvalue weighted by Gasteiger charge is -2.35. The number of likely N-dealkylation sites (tertiary alicyclic amines) is 1. The number of oxazole rings is 1. The van der Waals surface area contributed by atoms with Crippen molar-refractivity contribution in [1.82, 2.24) is 20.1 Å². The number of hydrogen-bond acceptors (Lipinski definition) is 5. The van der Waals surface area contributed by atoms with Gasteiger partial charge in [-0.05, 0) is 56.6 Å². The number of urea groups is 1. The molecule has 1 N–H and O–H groups in total. The van der Waals surface area contributed by atoms with Crippen molar-refractivity contribution >= 4 is 28.9 Å². The van der Waals surface area contributed by atoms with E-state index in [2.05, 4.69) is 17.2 Å². The van der Waals surface area contributed by atoms with Gasteiger partial charge in [0, 0.05) is 19.0 Å². The minimum Gasteiger partial charge on any atom is -0.440 e. The summed E-state index contributed by atoms with van der Waals surface area (Å²) < 4.78 is 5.90. The van der Waals surface area contributed by atoms with Crippen LogP contribution in [-0.2, 0) is 9.59 Å². The molecule has 2 aromatic rings. The second kappa shape index (κ2) is 8.22. The molecule has 2 aliphatic heterocycles. The summed E-state index contributed by atoms with van der Waals surface area (Å²) in [7, 11) is 0. The Bertz CT molecular complexity index is 999. The van der Waals surface area contributed by atoms with E-state index in [4.69, 9.17) is 4.42 Å². The Balaban J connectivity index is 1.18. The third-order valence-corrected chi connectivity index (χ3v) is 7.58. The second-order valence-electron chi connectivity index (χ2n) is 9.43. The van der Waals surface area contributed by atoms with Crippen LogP contribution in [0.1, 0.15) is 63.7 Å². The molecule has 0 bridgehead atoms. The number of rotatable bonds is 4. The summed E-state index contributed by atoms with van der Waals surface area (Å²) in [5.74, 6) is 1.09. The number of amides is 4. The van der Waals surface area contributed by atoms with Crippen LogP contribution in [0.2, 0.25) is 0 Å². The first-order valence-corrected chi connectivity index (χ1v) is 11.8. The van der Waals surface area contributed by atoms with Gasteiger partial charge in [0.2, 0.25) is 5.91 Å². The van der Waals surface area contributed by atoms with E-state index in [1.165, 1.54) is 0 Å². The average molecular weight is 439 g/mol. The van der Waals surface area contributed by atoms with E-state index in [0.717, 1.165) is 54.0 Å². The third-order valence-electron chi connectivity index (χ3n) is 7.58. The lowest BCUT2D eigenvalue weighted by Crippen LogP contribution is -2.50. The molecule has 4 amide bonds. The minimum absolute atomic E-state index is 0.167. The second-order valence-corrected chi connectivity index (χ2v) is 9.43. The van der Waals surface area contributed by atoms with Crippen LogP contribution in [0.4, 0.5) is 4.79 Å². The van der Waals surface area contributed by atoms with Crippen LogP contribution < -0.4 is 5.32 Å². The summed E-state index contributed by atoms with van der Waals surface area (Å²) in [5.41, 5.74) is 0.825. The summed E-state index contributed by atoms with van der Waals surface area (Å²) in [6.07, 6.45) is 5.80. The monoisotopic (exact) mass is 438 g/mol. The van der Waals surface area contributed by atoms with Crippen molar-refractivity contribution < 1.29 is 18.8 Å². The van der Waals surface area contributed by atoms with Crippen LogP contribution in [0.15, 0.2) is 28.7 Å². The highest BCUT2D eigenvalue weighted by Crippen LogP contribution is 2.37. The van der Waals surface area contributed by atoms with Crippen LogP contribution in [0.25, 0.3) is 11.1 Å². The van der Waals surface area contributed by atoms with Crippen LogP contribution in [0, 0.1) is 5.92 Å². The number of imide groups is 1. The number of carbonyl (C=O) groups is 3. The standard InChI is InChI=1S/C24H30N4O4/c1-2-16-7-11-24(12-8-16)22(30)28(23(31)26-24)15-20(29)27-13-9-17(10-14-27)21-25-18-5-3-4-6-19(18)32-21/h3-6,16-17H,2,7-15H2,1H3,(H,26,31). The molecule has 1 spiro atoms. The predicted molar refractivity (Wildman–Crippen MR) is 118 cm³/mol. The Labute approximate surface area is 187 Å². The number of para-hydroxylation sites is 2. The zero-order valence-electron chi connectivity index (χ0n) is 18.5. The molecular weight excluding hydrogens is 408 g/mol. The highest BCUT2D eigenvalue weighted by molar-refractivity contribution is 6.09. The zero-order chi connectivity index (χ0) is 22.3. The van der Waals surface area contributed by atoms with Crippen LogP contribution in [0.3, 0.4) is 0 Å². The number of piperidine rings is 1. The fourth-order valence-electron chi connectivity index (χ4n) is 5.41. The molecule has 0 atom stereocenters. The molecule has 3 aliphatic rings. The van der Waals surface area contributed by atoms with E-state index in [1.807, 2.05) is 24.3 Å². The average Bonchev–Trinajstić information content (AvgIpc) is 3.35. The van der Waals surface area contributed by atoms with Crippen molar-refractivity contribution in [3.05, 3.63) is 30.2 Å². The number of fused-ring (bicyclic) bond motifs is 1.